The minimum absolute atomic E-state index is 0.126. The minimum Gasteiger partial charge on any atom is -0.342 e. The van der Waals surface area contributed by atoms with E-state index in [0.29, 0.717) is 17.8 Å². The number of nitrogens with zero attached hydrogens (tertiary/aromatic N) is 4. The molecule has 0 saturated heterocycles. The topological polar surface area (TPSA) is 51.0 Å². The van der Waals surface area contributed by atoms with Crippen molar-refractivity contribution in [1.29, 1.82) is 0 Å². The third-order valence-electron chi connectivity index (χ3n) is 7.45. The first-order valence-electron chi connectivity index (χ1n) is 12.8. The highest BCUT2D eigenvalue weighted by molar-refractivity contribution is 7.99. The van der Waals surface area contributed by atoms with E-state index in [0.717, 1.165) is 42.2 Å². The van der Waals surface area contributed by atoms with Crippen molar-refractivity contribution in [2.24, 2.45) is 0 Å². The number of aromatic nitrogens is 3. The summed E-state index contributed by atoms with van der Waals surface area (Å²) in [5.74, 6) is 1.58. The highest BCUT2D eigenvalue weighted by Gasteiger charge is 2.26. The normalized spacial score (nSPS) is 18.4. The average molecular weight is 469 g/mol. The number of hydrogen-bond donors (Lipinski definition) is 0. The molecule has 33 heavy (non-hydrogen) atoms. The monoisotopic (exact) mass is 468 g/mol. The first-order valence-corrected chi connectivity index (χ1v) is 13.8. The van der Waals surface area contributed by atoms with Gasteiger partial charge in [-0.2, -0.15) is 0 Å². The van der Waals surface area contributed by atoms with Gasteiger partial charge < -0.3 is 4.90 Å². The van der Waals surface area contributed by atoms with Crippen LogP contribution in [0.1, 0.15) is 96.6 Å². The molecule has 1 heterocycles. The lowest BCUT2D eigenvalue weighted by molar-refractivity contribution is -0.129. The lowest BCUT2D eigenvalue weighted by atomic mass is 9.86. The molecule has 5 nitrogen and oxygen atoms in total. The van der Waals surface area contributed by atoms with Crippen molar-refractivity contribution in [3.63, 3.8) is 0 Å². The highest BCUT2D eigenvalue weighted by atomic mass is 32.2. The quantitative estimate of drug-likeness (QED) is 0.446. The molecule has 2 aliphatic carbocycles. The van der Waals surface area contributed by atoms with E-state index in [4.69, 9.17) is 0 Å². The molecule has 2 fully saturated rings. The largest absolute Gasteiger partial charge is 0.342 e. The van der Waals surface area contributed by atoms with Crippen LogP contribution in [-0.4, -0.2) is 44.4 Å². The van der Waals surface area contributed by atoms with Gasteiger partial charge in [0.05, 0.1) is 5.75 Å². The van der Waals surface area contributed by atoms with E-state index in [2.05, 4.69) is 59.8 Å². The molecule has 2 aromatic rings. The summed E-state index contributed by atoms with van der Waals surface area (Å²) in [6.07, 6.45) is 12.2. The van der Waals surface area contributed by atoms with E-state index in [9.17, 15) is 4.79 Å². The van der Waals surface area contributed by atoms with Crippen molar-refractivity contribution >= 4 is 17.7 Å². The Morgan fingerprint density at radius 2 is 1.58 bits per heavy atom. The van der Waals surface area contributed by atoms with E-state index < -0.39 is 0 Å². The molecule has 4 rings (SSSR count). The summed E-state index contributed by atoms with van der Waals surface area (Å²) < 4.78 is 2.34. The number of carbonyl (C=O) groups is 1. The lowest BCUT2D eigenvalue weighted by Crippen LogP contribution is -2.39. The van der Waals surface area contributed by atoms with Crippen LogP contribution in [0.5, 0.6) is 0 Å². The number of amides is 1. The summed E-state index contributed by atoms with van der Waals surface area (Å²) in [5.41, 5.74) is 2.56. The van der Waals surface area contributed by atoms with Gasteiger partial charge in [0.25, 0.3) is 0 Å². The lowest BCUT2D eigenvalue weighted by Gasteiger charge is -2.31. The van der Waals surface area contributed by atoms with Gasteiger partial charge in [0, 0.05) is 24.7 Å². The minimum atomic E-state index is 0.126. The van der Waals surface area contributed by atoms with Gasteiger partial charge in [0.1, 0.15) is 0 Å². The Labute approximate surface area is 203 Å². The third kappa shape index (κ3) is 5.82. The summed E-state index contributed by atoms with van der Waals surface area (Å²) in [6.45, 7) is 6.72. The second kappa shape index (κ2) is 10.6. The highest BCUT2D eigenvalue weighted by Crippen LogP contribution is 2.36. The van der Waals surface area contributed by atoms with Gasteiger partial charge in [-0.25, -0.2) is 0 Å². The first kappa shape index (κ1) is 24.3. The second-order valence-electron chi connectivity index (χ2n) is 10.9. The third-order valence-corrected chi connectivity index (χ3v) is 8.38. The Bertz CT molecular complexity index is 919. The van der Waals surface area contributed by atoms with E-state index in [1.54, 1.807) is 11.8 Å². The smallest absolute Gasteiger partial charge is 0.233 e. The molecule has 0 aliphatic heterocycles. The number of benzene rings is 1. The maximum absolute atomic E-state index is 13.0. The maximum Gasteiger partial charge on any atom is 0.233 e. The summed E-state index contributed by atoms with van der Waals surface area (Å²) in [7, 11) is 1.98. The second-order valence-corrected chi connectivity index (χ2v) is 11.8. The molecule has 2 saturated carbocycles. The Hall–Kier alpha value is -1.82. The number of rotatable bonds is 6. The van der Waals surface area contributed by atoms with Crippen LogP contribution in [0.4, 0.5) is 0 Å². The van der Waals surface area contributed by atoms with Gasteiger partial charge in [-0.3, -0.25) is 9.36 Å². The van der Waals surface area contributed by atoms with Gasteiger partial charge in [0.15, 0.2) is 11.0 Å². The fourth-order valence-electron chi connectivity index (χ4n) is 5.26. The standard InChI is InChI=1S/C27H40N4OS/c1-27(2,3)21-17-15-20(16-18-21)25-28-29-26(31(25)23-13-9-6-10-14-23)33-19-24(32)30(4)22-11-7-5-8-12-22/h15-18,22-23H,5-14,19H2,1-4H3. The summed E-state index contributed by atoms with van der Waals surface area (Å²) in [6, 6.07) is 9.61. The van der Waals surface area contributed by atoms with E-state index >= 15 is 0 Å². The van der Waals surface area contributed by atoms with Gasteiger partial charge >= 0.3 is 0 Å². The van der Waals surface area contributed by atoms with Crippen LogP contribution in [0.15, 0.2) is 29.4 Å². The van der Waals surface area contributed by atoms with Crippen molar-refractivity contribution in [3.05, 3.63) is 29.8 Å². The van der Waals surface area contributed by atoms with Crippen molar-refractivity contribution in [3.8, 4) is 11.4 Å². The molecule has 0 spiro atoms. The first-order chi connectivity index (χ1) is 15.8. The average Bonchev–Trinajstić information content (AvgIpc) is 3.26. The zero-order valence-corrected chi connectivity index (χ0v) is 21.7. The number of hydrogen-bond acceptors (Lipinski definition) is 4. The van der Waals surface area contributed by atoms with Crippen LogP contribution in [0.25, 0.3) is 11.4 Å². The van der Waals surface area contributed by atoms with Crippen LogP contribution in [0.2, 0.25) is 0 Å². The zero-order valence-electron chi connectivity index (χ0n) is 20.8. The van der Waals surface area contributed by atoms with Crippen LogP contribution < -0.4 is 0 Å². The molecule has 1 amide bonds. The molecule has 0 bridgehead atoms. The fourth-order valence-corrected chi connectivity index (χ4v) is 6.19. The maximum atomic E-state index is 13.0. The van der Waals surface area contributed by atoms with Crippen molar-refractivity contribution in [1.82, 2.24) is 19.7 Å². The van der Waals surface area contributed by atoms with Crippen molar-refractivity contribution in [2.75, 3.05) is 12.8 Å². The molecule has 0 atom stereocenters. The Morgan fingerprint density at radius 1 is 0.970 bits per heavy atom. The SMILES string of the molecule is CN(C(=O)CSc1nnc(-c2ccc(C(C)(C)C)cc2)n1C1CCCCC1)C1CCCCC1. The molecule has 1 aromatic carbocycles. The van der Waals surface area contributed by atoms with Crippen LogP contribution >= 0.6 is 11.8 Å². The predicted octanol–water partition coefficient (Wildman–Crippen LogP) is 6.63. The van der Waals surface area contributed by atoms with Gasteiger partial charge in [-0.05, 0) is 36.7 Å². The fraction of sp³-hybridized carbons (Fsp3) is 0.667. The van der Waals surface area contributed by atoms with Crippen LogP contribution in [-0.2, 0) is 10.2 Å². The van der Waals surface area contributed by atoms with E-state index in [1.165, 1.54) is 44.1 Å². The Kier molecular flexibility index (Phi) is 7.83. The van der Waals surface area contributed by atoms with Gasteiger partial charge in [-0.1, -0.05) is 95.3 Å². The van der Waals surface area contributed by atoms with Gasteiger partial charge in [0.2, 0.25) is 5.91 Å². The molecule has 0 unspecified atom stereocenters. The zero-order chi connectivity index (χ0) is 23.4. The number of carbonyl (C=O) groups excluding carboxylic acids is 1. The Balaban J connectivity index is 1.54. The van der Waals surface area contributed by atoms with Crippen molar-refractivity contribution < 1.29 is 4.79 Å². The molecule has 180 valence electrons. The molecular weight excluding hydrogens is 428 g/mol. The van der Waals surface area contributed by atoms with Crippen LogP contribution in [0, 0.1) is 0 Å². The van der Waals surface area contributed by atoms with Crippen molar-refractivity contribution in [2.45, 2.75) is 108 Å². The van der Waals surface area contributed by atoms with Crippen LogP contribution in [0.3, 0.4) is 0 Å². The molecule has 0 radical (unpaired) electrons. The summed E-state index contributed by atoms with van der Waals surface area (Å²) in [5, 5.41) is 10.1. The summed E-state index contributed by atoms with van der Waals surface area (Å²) in [4.78, 5) is 14.9. The van der Waals surface area contributed by atoms with Gasteiger partial charge in [-0.15, -0.1) is 10.2 Å². The molecule has 1 aromatic heterocycles. The van der Waals surface area contributed by atoms with E-state index in [1.807, 2.05) is 11.9 Å². The molecule has 0 N–H and O–H groups in total. The molecule has 2 aliphatic rings. The molecule has 6 heteroatoms. The predicted molar refractivity (Wildman–Crippen MR) is 137 cm³/mol. The molecular formula is C27H40N4OS. The number of thioether (sulfide) groups is 1. The van der Waals surface area contributed by atoms with E-state index in [-0.39, 0.29) is 11.3 Å². The summed E-state index contributed by atoms with van der Waals surface area (Å²) >= 11 is 1.56. The Morgan fingerprint density at radius 3 is 2.18 bits per heavy atom.